The van der Waals surface area contributed by atoms with Crippen LogP contribution in [0.5, 0.6) is 0 Å². The fourth-order valence-corrected chi connectivity index (χ4v) is 2.79. The highest BCUT2D eigenvalue weighted by Gasteiger charge is 2.19. The second-order valence-electron chi connectivity index (χ2n) is 8.03. The molecule has 16 heteroatoms. The molecule has 224 valence electrons. The van der Waals surface area contributed by atoms with Crippen LogP contribution in [-0.4, -0.2) is 124 Å². The number of carbonyl (C=O) groups excluding carboxylic acids is 4. The van der Waals surface area contributed by atoms with Gasteiger partial charge >= 0.3 is 11.9 Å². The Hall–Kier alpha value is -3.34. The van der Waals surface area contributed by atoms with Gasteiger partial charge in [-0.25, -0.2) is 9.59 Å². The SMILES string of the molecule is CC[C@H](NC(=O)COCCOCCNC(=O)COCCOCCNC(=O)CC[C@H](NC(C)=O)C(=O)O)C(=O)O. The number of aliphatic carboxylic acids is 2. The molecule has 0 fully saturated rings. The Balaban J connectivity index is 3.57. The quantitative estimate of drug-likeness (QED) is 0.0676. The molecule has 0 aliphatic rings. The van der Waals surface area contributed by atoms with Gasteiger partial charge in [-0.15, -0.1) is 0 Å². The number of ether oxygens (including phenoxy) is 4. The van der Waals surface area contributed by atoms with Crippen molar-refractivity contribution in [3.05, 3.63) is 0 Å². The molecule has 0 aliphatic carbocycles. The molecular formula is C23H40N4O12. The Kier molecular flexibility index (Phi) is 20.7. The van der Waals surface area contributed by atoms with E-state index >= 15 is 0 Å². The van der Waals surface area contributed by atoms with Gasteiger partial charge in [-0.1, -0.05) is 6.92 Å². The minimum absolute atomic E-state index is 0.0325. The second-order valence-corrected chi connectivity index (χ2v) is 8.03. The van der Waals surface area contributed by atoms with E-state index in [1.165, 1.54) is 6.92 Å². The zero-order chi connectivity index (χ0) is 29.5. The summed E-state index contributed by atoms with van der Waals surface area (Å²) >= 11 is 0. The molecule has 0 rings (SSSR count). The minimum atomic E-state index is -1.21. The molecule has 0 heterocycles. The van der Waals surface area contributed by atoms with Gasteiger partial charge in [0.25, 0.3) is 0 Å². The third kappa shape index (κ3) is 21.3. The van der Waals surface area contributed by atoms with Crippen LogP contribution in [0.25, 0.3) is 0 Å². The molecule has 0 unspecified atom stereocenters. The molecule has 0 saturated heterocycles. The van der Waals surface area contributed by atoms with Gasteiger partial charge in [0, 0.05) is 26.4 Å². The number of nitrogens with one attached hydrogen (secondary N) is 4. The third-order valence-electron chi connectivity index (χ3n) is 4.72. The van der Waals surface area contributed by atoms with E-state index in [1.54, 1.807) is 6.92 Å². The van der Waals surface area contributed by atoms with E-state index < -0.39 is 35.8 Å². The van der Waals surface area contributed by atoms with Crippen molar-refractivity contribution in [1.29, 1.82) is 0 Å². The van der Waals surface area contributed by atoms with Crippen molar-refractivity contribution < 1.29 is 57.9 Å². The first-order valence-corrected chi connectivity index (χ1v) is 12.4. The summed E-state index contributed by atoms with van der Waals surface area (Å²) in [6.07, 6.45) is 0.165. The molecule has 4 amide bonds. The Labute approximate surface area is 226 Å². The van der Waals surface area contributed by atoms with Crippen molar-refractivity contribution in [1.82, 2.24) is 21.3 Å². The summed E-state index contributed by atoms with van der Waals surface area (Å²) in [6.45, 7) is 3.92. The van der Waals surface area contributed by atoms with Crippen LogP contribution in [0.3, 0.4) is 0 Å². The number of hydrogen-bond donors (Lipinski definition) is 6. The van der Waals surface area contributed by atoms with E-state index in [9.17, 15) is 28.8 Å². The number of carboxylic acid groups (broad SMARTS) is 2. The Morgan fingerprint density at radius 2 is 1.13 bits per heavy atom. The molecule has 0 bridgehead atoms. The van der Waals surface area contributed by atoms with Crippen LogP contribution in [0, 0.1) is 0 Å². The maximum absolute atomic E-state index is 11.7. The van der Waals surface area contributed by atoms with Gasteiger partial charge in [0.2, 0.25) is 23.6 Å². The van der Waals surface area contributed by atoms with Crippen LogP contribution in [0.2, 0.25) is 0 Å². The van der Waals surface area contributed by atoms with Crippen molar-refractivity contribution >= 4 is 35.6 Å². The zero-order valence-corrected chi connectivity index (χ0v) is 22.3. The van der Waals surface area contributed by atoms with Crippen molar-refractivity contribution in [2.24, 2.45) is 0 Å². The van der Waals surface area contributed by atoms with Crippen molar-refractivity contribution in [3.63, 3.8) is 0 Å². The molecule has 2 atom stereocenters. The monoisotopic (exact) mass is 564 g/mol. The summed E-state index contributed by atoms with van der Waals surface area (Å²) < 4.78 is 20.8. The van der Waals surface area contributed by atoms with Gasteiger partial charge < -0.3 is 50.4 Å². The molecule has 16 nitrogen and oxygen atoms in total. The van der Waals surface area contributed by atoms with Crippen LogP contribution in [0.4, 0.5) is 0 Å². The van der Waals surface area contributed by atoms with Crippen LogP contribution in [-0.2, 0) is 47.7 Å². The van der Waals surface area contributed by atoms with Gasteiger partial charge in [-0.05, 0) is 12.8 Å². The fourth-order valence-electron chi connectivity index (χ4n) is 2.79. The van der Waals surface area contributed by atoms with Crippen LogP contribution < -0.4 is 21.3 Å². The molecule has 6 N–H and O–H groups in total. The predicted molar refractivity (Wildman–Crippen MR) is 134 cm³/mol. The highest BCUT2D eigenvalue weighted by molar-refractivity contribution is 5.84. The maximum atomic E-state index is 11.7. The number of rotatable bonds is 24. The standard InChI is InChI=1S/C23H40N4O12/c1-3-17(22(32)33)27-21(31)15-39-13-11-37-9-7-25-20(30)14-38-12-10-36-8-6-24-19(29)5-4-18(23(34)35)26-16(2)28/h17-18H,3-15H2,1-2H3,(H,24,29)(H,25,30)(H,26,28)(H,27,31)(H,32,33)(H,34,35)/t17-,18-/m0/s1. The van der Waals surface area contributed by atoms with Crippen LogP contribution >= 0.6 is 0 Å². The smallest absolute Gasteiger partial charge is 0.326 e. The molecule has 0 aromatic heterocycles. The summed E-state index contributed by atoms with van der Waals surface area (Å²) in [6, 6.07) is -2.07. The van der Waals surface area contributed by atoms with E-state index in [1.807, 2.05) is 0 Å². The van der Waals surface area contributed by atoms with Gasteiger partial charge in [0.1, 0.15) is 25.3 Å². The van der Waals surface area contributed by atoms with E-state index in [2.05, 4.69) is 21.3 Å². The largest absolute Gasteiger partial charge is 0.480 e. The van der Waals surface area contributed by atoms with Gasteiger partial charge in [-0.2, -0.15) is 0 Å². The number of amides is 4. The first-order chi connectivity index (χ1) is 18.6. The summed E-state index contributed by atoms with van der Waals surface area (Å²) in [5.74, 6) is -4.06. The van der Waals surface area contributed by atoms with Crippen LogP contribution in [0.1, 0.15) is 33.1 Å². The third-order valence-corrected chi connectivity index (χ3v) is 4.72. The Morgan fingerprint density at radius 1 is 0.641 bits per heavy atom. The Bertz CT molecular complexity index is 780. The zero-order valence-electron chi connectivity index (χ0n) is 22.3. The lowest BCUT2D eigenvalue weighted by Crippen LogP contribution is -2.42. The van der Waals surface area contributed by atoms with Crippen LogP contribution in [0.15, 0.2) is 0 Å². The highest BCUT2D eigenvalue weighted by atomic mass is 16.5. The van der Waals surface area contributed by atoms with Crippen molar-refractivity contribution in [3.8, 4) is 0 Å². The van der Waals surface area contributed by atoms with E-state index in [-0.39, 0.29) is 97.0 Å². The highest BCUT2D eigenvalue weighted by Crippen LogP contribution is 1.98. The van der Waals surface area contributed by atoms with Gasteiger partial charge in [0.15, 0.2) is 0 Å². The first kappa shape index (κ1) is 35.7. The predicted octanol–water partition coefficient (Wildman–Crippen LogP) is -2.37. The molecule has 0 aliphatic heterocycles. The molecular weight excluding hydrogens is 524 g/mol. The average molecular weight is 565 g/mol. The summed E-state index contributed by atoms with van der Waals surface area (Å²) in [4.78, 5) is 67.8. The number of hydrogen-bond acceptors (Lipinski definition) is 10. The Morgan fingerprint density at radius 3 is 1.62 bits per heavy atom. The summed E-state index contributed by atoms with van der Waals surface area (Å²) in [5, 5.41) is 27.6. The van der Waals surface area contributed by atoms with Gasteiger partial charge in [-0.3, -0.25) is 19.2 Å². The molecule has 39 heavy (non-hydrogen) atoms. The van der Waals surface area contributed by atoms with E-state index in [0.29, 0.717) is 0 Å². The lowest BCUT2D eigenvalue weighted by molar-refractivity contribution is -0.142. The molecule has 0 aromatic carbocycles. The van der Waals surface area contributed by atoms with Crippen molar-refractivity contribution in [2.45, 2.75) is 45.2 Å². The molecule has 0 aromatic rings. The number of carbonyl (C=O) groups is 6. The van der Waals surface area contributed by atoms with E-state index in [4.69, 9.17) is 29.2 Å². The van der Waals surface area contributed by atoms with E-state index in [0.717, 1.165) is 0 Å². The average Bonchev–Trinajstić information content (AvgIpc) is 2.87. The molecule has 0 radical (unpaired) electrons. The maximum Gasteiger partial charge on any atom is 0.326 e. The lowest BCUT2D eigenvalue weighted by Gasteiger charge is -2.13. The van der Waals surface area contributed by atoms with Crippen molar-refractivity contribution in [2.75, 3.05) is 65.9 Å². The second kappa shape index (κ2) is 22.6. The topological polar surface area (TPSA) is 228 Å². The summed E-state index contributed by atoms with van der Waals surface area (Å²) in [5.41, 5.74) is 0. The lowest BCUT2D eigenvalue weighted by atomic mass is 10.1. The normalized spacial score (nSPS) is 12.2. The van der Waals surface area contributed by atoms with Gasteiger partial charge in [0.05, 0.1) is 39.6 Å². The number of carboxylic acids is 2. The fraction of sp³-hybridized carbons (Fsp3) is 0.739. The minimum Gasteiger partial charge on any atom is -0.480 e. The molecule has 0 saturated carbocycles. The summed E-state index contributed by atoms with van der Waals surface area (Å²) in [7, 11) is 0. The molecule has 0 spiro atoms. The first-order valence-electron chi connectivity index (χ1n) is 12.4.